The Morgan fingerprint density at radius 1 is 1.22 bits per heavy atom. The van der Waals surface area contributed by atoms with Crippen LogP contribution in [0.5, 0.6) is 0 Å². The van der Waals surface area contributed by atoms with Gasteiger partial charge in [0, 0.05) is 31.7 Å². The average Bonchev–Trinajstić information content (AvgIpc) is 2.24. The second-order valence-electron chi connectivity index (χ2n) is 5.04. The fourth-order valence-corrected chi connectivity index (χ4v) is 2.13. The van der Waals surface area contributed by atoms with E-state index < -0.39 is 0 Å². The summed E-state index contributed by atoms with van der Waals surface area (Å²) in [6, 6.07) is 6.80. The molecule has 104 valence electrons. The monoisotopic (exact) mass is 294 g/mol. The molecular formula is C13H21Cl2FN2. The van der Waals surface area contributed by atoms with Crippen LogP contribution in [0.4, 0.5) is 4.39 Å². The van der Waals surface area contributed by atoms with Crippen molar-refractivity contribution in [3.8, 4) is 0 Å². The number of piperazine rings is 1. The predicted octanol–water partition coefficient (Wildman–Crippen LogP) is 2.85. The fraction of sp³-hybridized carbons (Fsp3) is 0.538. The van der Waals surface area contributed by atoms with E-state index in [0.29, 0.717) is 0 Å². The Kier molecular flexibility index (Phi) is 7.15. The second-order valence-corrected chi connectivity index (χ2v) is 5.04. The van der Waals surface area contributed by atoms with Gasteiger partial charge in [-0.15, -0.1) is 24.8 Å². The molecule has 1 N–H and O–H groups in total. The van der Waals surface area contributed by atoms with Crippen molar-refractivity contribution in [2.24, 2.45) is 0 Å². The van der Waals surface area contributed by atoms with Gasteiger partial charge in [0.25, 0.3) is 0 Å². The summed E-state index contributed by atoms with van der Waals surface area (Å²) < 4.78 is 12.8. The lowest BCUT2D eigenvalue weighted by atomic mass is 9.99. The minimum atomic E-state index is -0.164. The van der Waals surface area contributed by atoms with Crippen molar-refractivity contribution < 1.29 is 4.39 Å². The lowest BCUT2D eigenvalue weighted by Gasteiger charge is -2.42. The van der Waals surface area contributed by atoms with Crippen molar-refractivity contribution in [2.45, 2.75) is 25.9 Å². The molecule has 1 heterocycles. The van der Waals surface area contributed by atoms with Crippen LogP contribution in [0.2, 0.25) is 0 Å². The molecule has 1 fully saturated rings. The molecule has 0 bridgehead atoms. The van der Waals surface area contributed by atoms with E-state index in [1.807, 2.05) is 12.1 Å². The van der Waals surface area contributed by atoms with Crippen LogP contribution in [0.25, 0.3) is 0 Å². The first-order chi connectivity index (χ1) is 7.58. The molecule has 2 nitrogen and oxygen atoms in total. The SMILES string of the molecule is CC1(C)CNCCN1Cc1ccc(F)cc1.Cl.Cl. The van der Waals surface area contributed by atoms with Crippen LogP contribution in [0.3, 0.4) is 0 Å². The summed E-state index contributed by atoms with van der Waals surface area (Å²) in [5, 5.41) is 3.40. The fourth-order valence-electron chi connectivity index (χ4n) is 2.13. The van der Waals surface area contributed by atoms with Gasteiger partial charge in [0.05, 0.1) is 0 Å². The zero-order chi connectivity index (χ0) is 11.6. The minimum Gasteiger partial charge on any atom is -0.314 e. The van der Waals surface area contributed by atoms with E-state index in [-0.39, 0.29) is 36.2 Å². The van der Waals surface area contributed by atoms with Gasteiger partial charge in [-0.25, -0.2) is 4.39 Å². The first-order valence-corrected chi connectivity index (χ1v) is 5.78. The number of halogens is 3. The van der Waals surface area contributed by atoms with E-state index >= 15 is 0 Å². The van der Waals surface area contributed by atoms with E-state index in [0.717, 1.165) is 26.2 Å². The Hall–Kier alpha value is -0.350. The maximum absolute atomic E-state index is 12.8. The largest absolute Gasteiger partial charge is 0.314 e. The maximum Gasteiger partial charge on any atom is 0.123 e. The summed E-state index contributed by atoms with van der Waals surface area (Å²) in [5.74, 6) is -0.164. The summed E-state index contributed by atoms with van der Waals surface area (Å²) >= 11 is 0. The molecule has 1 aliphatic heterocycles. The highest BCUT2D eigenvalue weighted by Gasteiger charge is 2.29. The third kappa shape index (κ3) is 4.39. The number of hydrogen-bond acceptors (Lipinski definition) is 2. The van der Waals surface area contributed by atoms with Crippen LogP contribution in [-0.2, 0) is 6.54 Å². The molecule has 0 amide bonds. The summed E-state index contributed by atoms with van der Waals surface area (Å²) in [4.78, 5) is 2.44. The van der Waals surface area contributed by atoms with E-state index in [2.05, 4.69) is 24.1 Å². The number of nitrogens with one attached hydrogen (secondary N) is 1. The van der Waals surface area contributed by atoms with Gasteiger partial charge in [0.15, 0.2) is 0 Å². The number of nitrogens with zero attached hydrogens (tertiary/aromatic N) is 1. The Bertz CT molecular complexity index is 355. The van der Waals surface area contributed by atoms with Crippen molar-refractivity contribution >= 4 is 24.8 Å². The Balaban J connectivity index is 0.00000144. The zero-order valence-electron chi connectivity index (χ0n) is 10.8. The summed E-state index contributed by atoms with van der Waals surface area (Å²) in [7, 11) is 0. The van der Waals surface area contributed by atoms with Crippen molar-refractivity contribution in [3.05, 3.63) is 35.6 Å². The van der Waals surface area contributed by atoms with Crippen LogP contribution in [0.1, 0.15) is 19.4 Å². The highest BCUT2D eigenvalue weighted by molar-refractivity contribution is 5.85. The van der Waals surface area contributed by atoms with Crippen LogP contribution in [0, 0.1) is 5.82 Å². The normalized spacial score (nSPS) is 18.6. The molecule has 1 aromatic carbocycles. The van der Waals surface area contributed by atoms with Gasteiger partial charge < -0.3 is 5.32 Å². The highest BCUT2D eigenvalue weighted by atomic mass is 35.5. The number of hydrogen-bond donors (Lipinski definition) is 1. The van der Waals surface area contributed by atoms with E-state index in [4.69, 9.17) is 0 Å². The molecule has 5 heteroatoms. The topological polar surface area (TPSA) is 15.3 Å². The van der Waals surface area contributed by atoms with Gasteiger partial charge in [-0.1, -0.05) is 12.1 Å². The smallest absolute Gasteiger partial charge is 0.123 e. The lowest BCUT2D eigenvalue weighted by molar-refractivity contribution is 0.0827. The Labute approximate surface area is 121 Å². The van der Waals surface area contributed by atoms with Gasteiger partial charge in [-0.3, -0.25) is 4.90 Å². The molecular weight excluding hydrogens is 274 g/mol. The zero-order valence-corrected chi connectivity index (χ0v) is 12.4. The van der Waals surface area contributed by atoms with Gasteiger partial charge >= 0.3 is 0 Å². The highest BCUT2D eigenvalue weighted by Crippen LogP contribution is 2.19. The molecule has 0 spiro atoms. The first kappa shape index (κ1) is 17.6. The minimum absolute atomic E-state index is 0. The van der Waals surface area contributed by atoms with Gasteiger partial charge in [-0.2, -0.15) is 0 Å². The van der Waals surface area contributed by atoms with Crippen LogP contribution >= 0.6 is 24.8 Å². The molecule has 1 saturated heterocycles. The molecule has 2 rings (SSSR count). The first-order valence-electron chi connectivity index (χ1n) is 5.78. The summed E-state index contributed by atoms with van der Waals surface area (Å²) in [5.41, 5.74) is 1.35. The quantitative estimate of drug-likeness (QED) is 0.902. The van der Waals surface area contributed by atoms with Crippen molar-refractivity contribution in [1.82, 2.24) is 10.2 Å². The van der Waals surface area contributed by atoms with Crippen molar-refractivity contribution in [1.29, 1.82) is 0 Å². The third-order valence-electron chi connectivity index (χ3n) is 3.26. The van der Waals surface area contributed by atoms with Gasteiger partial charge in [-0.05, 0) is 31.5 Å². The molecule has 1 aliphatic rings. The second kappa shape index (κ2) is 7.29. The summed E-state index contributed by atoms with van der Waals surface area (Å²) in [6.45, 7) is 8.46. The lowest BCUT2D eigenvalue weighted by Crippen LogP contribution is -2.57. The van der Waals surface area contributed by atoms with E-state index in [1.165, 1.54) is 17.7 Å². The molecule has 0 unspecified atom stereocenters. The van der Waals surface area contributed by atoms with Crippen LogP contribution in [-0.4, -0.2) is 30.1 Å². The number of rotatable bonds is 2. The predicted molar refractivity (Wildman–Crippen MR) is 78.3 cm³/mol. The number of benzene rings is 1. The van der Waals surface area contributed by atoms with Gasteiger partial charge in [0.2, 0.25) is 0 Å². The van der Waals surface area contributed by atoms with Gasteiger partial charge in [0.1, 0.15) is 5.82 Å². The molecule has 0 atom stereocenters. The Morgan fingerprint density at radius 2 is 1.83 bits per heavy atom. The Morgan fingerprint density at radius 3 is 2.39 bits per heavy atom. The molecule has 0 saturated carbocycles. The third-order valence-corrected chi connectivity index (χ3v) is 3.26. The summed E-state index contributed by atoms with van der Waals surface area (Å²) in [6.07, 6.45) is 0. The van der Waals surface area contributed by atoms with Crippen molar-refractivity contribution in [3.63, 3.8) is 0 Å². The average molecular weight is 295 g/mol. The molecule has 18 heavy (non-hydrogen) atoms. The van der Waals surface area contributed by atoms with E-state index in [9.17, 15) is 4.39 Å². The standard InChI is InChI=1S/C13H19FN2.2ClH/c1-13(2)10-15-7-8-16(13)9-11-3-5-12(14)6-4-11;;/h3-6,15H,7-10H2,1-2H3;2*1H. The van der Waals surface area contributed by atoms with Crippen LogP contribution in [0.15, 0.2) is 24.3 Å². The molecule has 0 aromatic heterocycles. The maximum atomic E-state index is 12.8. The van der Waals surface area contributed by atoms with Crippen molar-refractivity contribution in [2.75, 3.05) is 19.6 Å². The molecule has 0 radical (unpaired) electrons. The molecule has 1 aromatic rings. The van der Waals surface area contributed by atoms with Crippen LogP contribution < -0.4 is 5.32 Å². The molecule has 0 aliphatic carbocycles. The van der Waals surface area contributed by atoms with E-state index in [1.54, 1.807) is 0 Å².